The fourth-order valence-electron chi connectivity index (χ4n) is 5.99. The molecule has 0 atom stereocenters. The lowest BCUT2D eigenvalue weighted by molar-refractivity contribution is -0.153. The second kappa shape index (κ2) is 15.5. The molecule has 54 heavy (non-hydrogen) atoms. The van der Waals surface area contributed by atoms with E-state index in [0.29, 0.717) is 49.3 Å². The number of amides is 1. The Morgan fingerprint density at radius 3 is 2.17 bits per heavy atom. The second-order valence-corrected chi connectivity index (χ2v) is 14.6. The largest absolute Gasteiger partial charge is 0.459 e. The summed E-state index contributed by atoms with van der Waals surface area (Å²) < 4.78 is 49.0. The summed E-state index contributed by atoms with van der Waals surface area (Å²) >= 11 is 7.98. The van der Waals surface area contributed by atoms with Crippen molar-refractivity contribution in [2.24, 2.45) is 0 Å². The Morgan fingerprint density at radius 1 is 0.870 bits per heavy atom. The Kier molecular flexibility index (Phi) is 10.9. The van der Waals surface area contributed by atoms with Crippen LogP contribution in [0.5, 0.6) is 0 Å². The monoisotopic (exact) mass is 762 g/mol. The third-order valence-electron chi connectivity index (χ3n) is 8.26. The van der Waals surface area contributed by atoms with Gasteiger partial charge in [-0.1, -0.05) is 54.1 Å². The molecule has 0 spiro atoms. The summed E-state index contributed by atoms with van der Waals surface area (Å²) in [6.07, 6.45) is -2.65. The smallest absolute Gasteiger partial charge is 0.325 e. The van der Waals surface area contributed by atoms with Crippen LogP contribution >= 0.6 is 23.5 Å². The number of carbonyl (C=O) groups excluding carboxylic acids is 2. The van der Waals surface area contributed by atoms with Gasteiger partial charge in [0.2, 0.25) is 0 Å². The maximum absolute atomic E-state index is 15.1. The molecule has 1 amide bonds. The number of fused-ring (bicyclic) bond motifs is 1. The van der Waals surface area contributed by atoms with E-state index < -0.39 is 29.7 Å². The molecule has 0 aliphatic carbocycles. The molecule has 1 heterocycles. The van der Waals surface area contributed by atoms with Crippen LogP contribution < -0.4 is 5.32 Å². The molecule has 12 heteroatoms. The zero-order valence-electron chi connectivity index (χ0n) is 29.1. The molecular formula is C42H30ClF3N4O3S. The Balaban J connectivity index is 1.50. The van der Waals surface area contributed by atoms with Gasteiger partial charge in [0, 0.05) is 48.7 Å². The SMILES string of the molecule is CC(C)(C)OC(=O)CNC(=O)c1ccc(-c2cccc(-c3c(-c4c(C#N)cccc4C#N)c4cc(F)ccc4n3Sc3ccc(C(F)F)cc3)c2)c(Cl)c1. The van der Waals surface area contributed by atoms with Crippen LogP contribution in [0.4, 0.5) is 13.2 Å². The van der Waals surface area contributed by atoms with Crippen molar-refractivity contribution in [3.8, 4) is 45.6 Å². The average molecular weight is 763 g/mol. The van der Waals surface area contributed by atoms with Crippen molar-refractivity contribution in [1.82, 2.24) is 9.29 Å². The third kappa shape index (κ3) is 7.98. The molecule has 0 aliphatic rings. The average Bonchev–Trinajstić information content (AvgIpc) is 3.45. The molecule has 0 bridgehead atoms. The van der Waals surface area contributed by atoms with E-state index in [9.17, 15) is 28.9 Å². The van der Waals surface area contributed by atoms with Crippen molar-refractivity contribution in [2.45, 2.75) is 37.7 Å². The van der Waals surface area contributed by atoms with Crippen molar-refractivity contribution in [3.63, 3.8) is 0 Å². The summed E-state index contributed by atoms with van der Waals surface area (Å²) in [5.41, 5.74) is 3.38. The Bertz CT molecular complexity index is 2480. The first-order valence-electron chi connectivity index (χ1n) is 16.5. The van der Waals surface area contributed by atoms with Crippen LogP contribution in [0.3, 0.4) is 0 Å². The third-order valence-corrected chi connectivity index (χ3v) is 9.62. The van der Waals surface area contributed by atoms with E-state index >= 15 is 4.39 Å². The van der Waals surface area contributed by atoms with Crippen LogP contribution in [0, 0.1) is 28.5 Å². The summed E-state index contributed by atoms with van der Waals surface area (Å²) in [5, 5.41) is 23.6. The lowest BCUT2D eigenvalue weighted by Gasteiger charge is -2.19. The molecule has 0 fully saturated rings. The van der Waals surface area contributed by atoms with Crippen LogP contribution in [0.15, 0.2) is 108 Å². The number of nitriles is 2. The van der Waals surface area contributed by atoms with Gasteiger partial charge in [-0.25, -0.2) is 13.2 Å². The van der Waals surface area contributed by atoms with E-state index in [1.165, 1.54) is 42.3 Å². The molecule has 0 saturated carbocycles. The van der Waals surface area contributed by atoms with Gasteiger partial charge >= 0.3 is 5.97 Å². The van der Waals surface area contributed by atoms with Gasteiger partial charge in [0.05, 0.1) is 34.5 Å². The van der Waals surface area contributed by atoms with Crippen LogP contribution in [-0.4, -0.2) is 28.0 Å². The molecule has 1 N–H and O–H groups in total. The lowest BCUT2D eigenvalue weighted by atomic mass is 9.90. The second-order valence-electron chi connectivity index (χ2n) is 13.1. The zero-order valence-corrected chi connectivity index (χ0v) is 30.7. The maximum atomic E-state index is 15.1. The lowest BCUT2D eigenvalue weighted by Crippen LogP contribution is -2.34. The number of nitrogens with one attached hydrogen (secondary N) is 1. The van der Waals surface area contributed by atoms with E-state index in [2.05, 4.69) is 17.5 Å². The number of aromatic nitrogens is 1. The molecule has 5 aromatic carbocycles. The van der Waals surface area contributed by atoms with Gasteiger partial charge in [0.25, 0.3) is 12.3 Å². The molecule has 0 aliphatic heterocycles. The standard InChI is InChI=1S/C42H30ClF3N4O3S/c1-42(2,3)53-36(51)23-49-41(52)27-12-16-32(34(43)19-27)25-6-4-7-26(18-25)39-38(37-28(21-47)8-5-9-29(37)22-48)33-20-30(44)13-17-35(33)50(39)54-31-14-10-24(11-15-31)40(45)46/h4-20,40H,23H2,1-3H3,(H,49,52). The highest BCUT2D eigenvalue weighted by Gasteiger charge is 2.26. The van der Waals surface area contributed by atoms with Gasteiger partial charge in [-0.3, -0.25) is 13.6 Å². The summed E-state index contributed by atoms with van der Waals surface area (Å²) in [5.74, 6) is -1.65. The summed E-state index contributed by atoms with van der Waals surface area (Å²) in [6.45, 7) is 4.86. The van der Waals surface area contributed by atoms with Gasteiger partial charge in [0.15, 0.2) is 0 Å². The Labute approximate surface area is 318 Å². The molecule has 1 aromatic heterocycles. The minimum absolute atomic E-state index is 0.141. The molecule has 270 valence electrons. The van der Waals surface area contributed by atoms with Crippen molar-refractivity contribution in [3.05, 3.63) is 136 Å². The molecule has 6 rings (SSSR count). The number of benzene rings is 5. The van der Waals surface area contributed by atoms with E-state index in [1.807, 2.05) is 22.2 Å². The number of halogens is 4. The van der Waals surface area contributed by atoms with Crippen molar-refractivity contribution >= 4 is 46.3 Å². The predicted octanol–water partition coefficient (Wildman–Crippen LogP) is 10.7. The number of carbonyl (C=O) groups is 2. The molecular weight excluding hydrogens is 733 g/mol. The molecule has 7 nitrogen and oxygen atoms in total. The van der Waals surface area contributed by atoms with Crippen LogP contribution in [0.2, 0.25) is 5.02 Å². The fourth-order valence-corrected chi connectivity index (χ4v) is 7.29. The summed E-state index contributed by atoms with van der Waals surface area (Å²) in [4.78, 5) is 25.6. The number of esters is 1. The Hall–Kier alpha value is -6.01. The van der Waals surface area contributed by atoms with Crippen LogP contribution in [0.1, 0.15) is 54.2 Å². The van der Waals surface area contributed by atoms with E-state index in [4.69, 9.17) is 16.3 Å². The first-order valence-corrected chi connectivity index (χ1v) is 17.7. The van der Waals surface area contributed by atoms with Gasteiger partial charge < -0.3 is 10.1 Å². The van der Waals surface area contributed by atoms with Crippen molar-refractivity contribution in [1.29, 1.82) is 10.5 Å². The fraction of sp³-hybridized carbons (Fsp3) is 0.143. The zero-order chi connectivity index (χ0) is 38.7. The van der Waals surface area contributed by atoms with Crippen LogP contribution in [-0.2, 0) is 9.53 Å². The maximum Gasteiger partial charge on any atom is 0.325 e. The van der Waals surface area contributed by atoms with Crippen LogP contribution in [0.25, 0.3) is 44.4 Å². The molecule has 0 unspecified atom stereocenters. The van der Waals surface area contributed by atoms with Crippen molar-refractivity contribution < 1.29 is 27.5 Å². The molecule has 6 aromatic rings. The van der Waals surface area contributed by atoms with E-state index in [-0.39, 0.29) is 33.8 Å². The minimum atomic E-state index is -2.65. The first-order chi connectivity index (χ1) is 25.8. The number of alkyl halides is 2. The summed E-state index contributed by atoms with van der Waals surface area (Å²) in [6, 6.07) is 31.2. The van der Waals surface area contributed by atoms with Gasteiger partial charge in [-0.15, -0.1) is 0 Å². The van der Waals surface area contributed by atoms with Gasteiger partial charge in [-0.2, -0.15) is 10.5 Å². The molecule has 0 radical (unpaired) electrons. The van der Waals surface area contributed by atoms with Gasteiger partial charge in [-0.05, 0) is 98.9 Å². The normalized spacial score (nSPS) is 11.3. The minimum Gasteiger partial charge on any atom is -0.459 e. The summed E-state index contributed by atoms with van der Waals surface area (Å²) in [7, 11) is 0. The van der Waals surface area contributed by atoms with Crippen molar-refractivity contribution in [2.75, 3.05) is 6.54 Å². The first kappa shape index (κ1) is 37.7. The highest BCUT2D eigenvalue weighted by Crippen LogP contribution is 2.47. The van der Waals surface area contributed by atoms with E-state index in [1.54, 1.807) is 75.4 Å². The Morgan fingerprint density at radius 2 is 1.54 bits per heavy atom. The number of hydrogen-bond donors (Lipinski definition) is 1. The highest BCUT2D eigenvalue weighted by atomic mass is 35.5. The quantitative estimate of drug-likeness (QED) is 0.147. The number of rotatable bonds is 9. The number of hydrogen-bond acceptors (Lipinski definition) is 6. The number of nitrogens with zero attached hydrogens (tertiary/aromatic N) is 3. The van der Waals surface area contributed by atoms with Gasteiger partial charge in [0.1, 0.15) is 18.0 Å². The van der Waals surface area contributed by atoms with E-state index in [0.717, 1.165) is 0 Å². The molecule has 0 saturated heterocycles. The predicted molar refractivity (Wildman–Crippen MR) is 203 cm³/mol. The number of ether oxygens (including phenoxy) is 1. The topological polar surface area (TPSA) is 108 Å². The highest BCUT2D eigenvalue weighted by molar-refractivity contribution is 7.98.